The molecule has 1 aromatic rings. The normalized spacial score (nSPS) is 36.8. The van der Waals surface area contributed by atoms with E-state index in [0.29, 0.717) is 10.8 Å². The predicted octanol–water partition coefficient (Wildman–Crippen LogP) is 2.91. The summed E-state index contributed by atoms with van der Waals surface area (Å²) in [6.45, 7) is 6.89. The van der Waals surface area contributed by atoms with Crippen molar-refractivity contribution in [1.82, 2.24) is 9.59 Å². The molecule has 1 heterocycles. The Balaban J connectivity index is 1.78. The predicted molar refractivity (Wildman–Crippen MR) is 68.3 cm³/mol. The van der Waals surface area contributed by atoms with Gasteiger partial charge in [-0.2, -0.15) is 0 Å². The maximum absolute atomic E-state index is 12.0. The first-order chi connectivity index (χ1) is 8.45. The quantitative estimate of drug-likeness (QED) is 0.772. The molecule has 98 valence electrons. The maximum Gasteiger partial charge on any atom is 0.351 e. The zero-order chi connectivity index (χ0) is 13.0. The lowest BCUT2D eigenvalue weighted by Crippen LogP contribution is -2.38. The number of ether oxygens (including phenoxy) is 1. The third-order valence-corrected chi connectivity index (χ3v) is 6.17. The van der Waals surface area contributed by atoms with E-state index in [0.717, 1.165) is 24.4 Å². The fourth-order valence-corrected chi connectivity index (χ4v) is 4.15. The average Bonchev–Trinajstić information content (AvgIpc) is 2.95. The lowest BCUT2D eigenvalue weighted by molar-refractivity contribution is -0.0238. The molecule has 2 aliphatic rings. The first kappa shape index (κ1) is 12.1. The van der Waals surface area contributed by atoms with Gasteiger partial charge in [0.1, 0.15) is 6.10 Å². The lowest BCUT2D eigenvalue weighted by Gasteiger charge is -2.38. The minimum Gasteiger partial charge on any atom is -0.457 e. The fourth-order valence-electron chi connectivity index (χ4n) is 3.75. The van der Waals surface area contributed by atoms with Crippen LogP contribution in [-0.4, -0.2) is 21.7 Å². The van der Waals surface area contributed by atoms with Gasteiger partial charge in [-0.3, -0.25) is 0 Å². The van der Waals surface area contributed by atoms with Crippen LogP contribution >= 0.6 is 11.5 Å². The smallest absolute Gasteiger partial charge is 0.351 e. The van der Waals surface area contributed by atoms with Crippen LogP contribution in [0.1, 0.15) is 49.7 Å². The molecular weight excluding hydrogens is 248 g/mol. The molecule has 5 heteroatoms. The van der Waals surface area contributed by atoms with Crippen molar-refractivity contribution in [1.29, 1.82) is 0 Å². The molecule has 3 rings (SSSR count). The summed E-state index contributed by atoms with van der Waals surface area (Å²) >= 11 is 1.10. The molecule has 0 N–H and O–H groups in total. The molecule has 1 aromatic heterocycles. The van der Waals surface area contributed by atoms with Crippen molar-refractivity contribution in [3.63, 3.8) is 0 Å². The second-order valence-electron chi connectivity index (χ2n) is 6.29. The van der Waals surface area contributed by atoms with Gasteiger partial charge in [-0.15, -0.1) is 5.10 Å². The molecule has 4 nitrogen and oxygen atoms in total. The van der Waals surface area contributed by atoms with Gasteiger partial charge in [-0.1, -0.05) is 25.3 Å². The van der Waals surface area contributed by atoms with Crippen molar-refractivity contribution >= 4 is 17.5 Å². The molecular formula is C13H18N2O2S. The SMILES string of the molecule is CC1(C)C2CCC1(C)C(OC(=O)c1cnns1)C2. The highest BCUT2D eigenvalue weighted by Crippen LogP contribution is 2.66. The third kappa shape index (κ3) is 1.46. The van der Waals surface area contributed by atoms with Crippen LogP contribution in [0.4, 0.5) is 0 Å². The first-order valence-electron chi connectivity index (χ1n) is 6.43. The number of esters is 1. The largest absolute Gasteiger partial charge is 0.457 e. The Labute approximate surface area is 111 Å². The van der Waals surface area contributed by atoms with Crippen LogP contribution in [0.5, 0.6) is 0 Å². The van der Waals surface area contributed by atoms with Gasteiger partial charge < -0.3 is 4.74 Å². The van der Waals surface area contributed by atoms with E-state index in [-0.39, 0.29) is 22.9 Å². The van der Waals surface area contributed by atoms with Crippen molar-refractivity contribution in [2.24, 2.45) is 16.7 Å². The van der Waals surface area contributed by atoms with Crippen molar-refractivity contribution in [2.45, 2.75) is 46.1 Å². The number of carbonyl (C=O) groups excluding carboxylic acids is 1. The monoisotopic (exact) mass is 266 g/mol. The number of fused-ring (bicyclic) bond motifs is 2. The van der Waals surface area contributed by atoms with Crippen LogP contribution in [0.2, 0.25) is 0 Å². The topological polar surface area (TPSA) is 52.1 Å². The van der Waals surface area contributed by atoms with Gasteiger partial charge in [0.2, 0.25) is 0 Å². The molecule has 2 saturated carbocycles. The summed E-state index contributed by atoms with van der Waals surface area (Å²) < 4.78 is 9.42. The van der Waals surface area contributed by atoms with Crippen LogP contribution in [0, 0.1) is 16.7 Å². The second-order valence-corrected chi connectivity index (χ2v) is 7.07. The molecule has 0 radical (unpaired) electrons. The van der Waals surface area contributed by atoms with Gasteiger partial charge in [-0.05, 0) is 42.1 Å². The summed E-state index contributed by atoms with van der Waals surface area (Å²) in [5, 5.41) is 3.68. The summed E-state index contributed by atoms with van der Waals surface area (Å²) in [6.07, 6.45) is 4.94. The number of hydrogen-bond acceptors (Lipinski definition) is 5. The third-order valence-electron chi connectivity index (χ3n) is 5.53. The molecule has 3 atom stereocenters. The molecule has 0 aromatic carbocycles. The molecule has 3 unspecified atom stereocenters. The zero-order valence-electron chi connectivity index (χ0n) is 11.0. The highest BCUT2D eigenvalue weighted by molar-refractivity contribution is 7.07. The van der Waals surface area contributed by atoms with Gasteiger partial charge >= 0.3 is 5.97 Å². The summed E-state index contributed by atoms with van der Waals surface area (Å²) in [6, 6.07) is 0. The van der Waals surface area contributed by atoms with E-state index < -0.39 is 0 Å². The van der Waals surface area contributed by atoms with E-state index in [1.807, 2.05) is 0 Å². The van der Waals surface area contributed by atoms with Gasteiger partial charge in [0.15, 0.2) is 4.88 Å². The van der Waals surface area contributed by atoms with Gasteiger partial charge in [-0.25, -0.2) is 4.79 Å². The lowest BCUT2D eigenvalue weighted by atomic mass is 9.70. The Morgan fingerprint density at radius 3 is 2.78 bits per heavy atom. The number of rotatable bonds is 2. The Kier molecular flexibility index (Phi) is 2.52. The molecule has 0 saturated heterocycles. The number of hydrogen-bond donors (Lipinski definition) is 0. The number of aromatic nitrogens is 2. The van der Waals surface area contributed by atoms with Crippen molar-refractivity contribution in [3.05, 3.63) is 11.1 Å². The van der Waals surface area contributed by atoms with Gasteiger partial charge in [0, 0.05) is 5.41 Å². The van der Waals surface area contributed by atoms with Crippen LogP contribution < -0.4 is 0 Å². The van der Waals surface area contributed by atoms with Crippen LogP contribution in [0.25, 0.3) is 0 Å². The Morgan fingerprint density at radius 2 is 2.28 bits per heavy atom. The molecule has 2 fully saturated rings. The van der Waals surface area contributed by atoms with Crippen molar-refractivity contribution in [3.8, 4) is 0 Å². The van der Waals surface area contributed by atoms with E-state index >= 15 is 0 Å². The van der Waals surface area contributed by atoms with E-state index in [1.165, 1.54) is 12.6 Å². The molecule has 0 aliphatic heterocycles. The molecule has 18 heavy (non-hydrogen) atoms. The first-order valence-corrected chi connectivity index (χ1v) is 7.21. The molecule has 2 aliphatic carbocycles. The van der Waals surface area contributed by atoms with Gasteiger partial charge in [0.05, 0.1) is 6.20 Å². The minimum atomic E-state index is -0.264. The van der Waals surface area contributed by atoms with Crippen LogP contribution in [0.3, 0.4) is 0 Å². The summed E-state index contributed by atoms with van der Waals surface area (Å²) in [4.78, 5) is 12.5. The van der Waals surface area contributed by atoms with Crippen molar-refractivity contribution < 1.29 is 9.53 Å². The average molecular weight is 266 g/mol. The fraction of sp³-hybridized carbons (Fsp3) is 0.769. The zero-order valence-corrected chi connectivity index (χ0v) is 11.8. The number of nitrogens with zero attached hydrogens (tertiary/aromatic N) is 2. The van der Waals surface area contributed by atoms with Crippen LogP contribution in [0.15, 0.2) is 6.20 Å². The van der Waals surface area contributed by atoms with E-state index in [2.05, 4.69) is 30.4 Å². The van der Waals surface area contributed by atoms with E-state index in [4.69, 9.17) is 4.74 Å². The summed E-state index contributed by atoms with van der Waals surface area (Å²) in [7, 11) is 0. The Morgan fingerprint density at radius 1 is 1.50 bits per heavy atom. The standard InChI is InChI=1S/C13H18N2O2S/c1-12(2)8-4-5-13(12,3)10(6-8)17-11(16)9-7-14-15-18-9/h7-8,10H,4-6H2,1-3H3. The summed E-state index contributed by atoms with van der Waals surface area (Å²) in [5.74, 6) is 0.416. The van der Waals surface area contributed by atoms with Crippen molar-refractivity contribution in [2.75, 3.05) is 0 Å². The second kappa shape index (κ2) is 3.76. The molecule has 2 bridgehead atoms. The van der Waals surface area contributed by atoms with E-state index in [9.17, 15) is 4.79 Å². The maximum atomic E-state index is 12.0. The number of carbonyl (C=O) groups is 1. The Hall–Kier alpha value is -0.970. The Bertz CT molecular complexity index is 471. The molecule has 0 spiro atoms. The summed E-state index contributed by atoms with van der Waals surface area (Å²) in [5.41, 5.74) is 0.384. The van der Waals surface area contributed by atoms with Crippen LogP contribution in [-0.2, 0) is 4.74 Å². The molecule has 0 amide bonds. The van der Waals surface area contributed by atoms with Gasteiger partial charge in [0.25, 0.3) is 0 Å². The minimum absolute atomic E-state index is 0.0425. The highest BCUT2D eigenvalue weighted by Gasteiger charge is 2.62. The highest BCUT2D eigenvalue weighted by atomic mass is 32.1. The van der Waals surface area contributed by atoms with E-state index in [1.54, 1.807) is 0 Å².